The highest BCUT2D eigenvalue weighted by Crippen LogP contribution is 2.27. The molecule has 0 atom stereocenters. The van der Waals surface area contributed by atoms with Gasteiger partial charge in [-0.05, 0) is 29.9 Å². The fraction of sp³-hybridized carbons (Fsp3) is 0.370. The quantitative estimate of drug-likeness (QED) is 0.582. The van der Waals surface area contributed by atoms with E-state index in [1.807, 2.05) is 88.4 Å². The highest BCUT2D eigenvalue weighted by molar-refractivity contribution is 5.68. The maximum absolute atomic E-state index is 13.7. The molecule has 0 fully saturated rings. The summed E-state index contributed by atoms with van der Waals surface area (Å²) in [6, 6.07) is 19.8. The molecule has 3 aromatic rings. The van der Waals surface area contributed by atoms with Crippen LogP contribution in [0.4, 0.5) is 4.79 Å². The molecule has 0 unspecified atom stereocenters. The molecule has 33 heavy (non-hydrogen) atoms. The van der Waals surface area contributed by atoms with Crippen LogP contribution in [0.5, 0.6) is 0 Å². The summed E-state index contributed by atoms with van der Waals surface area (Å²) in [5, 5.41) is 0. The summed E-state index contributed by atoms with van der Waals surface area (Å²) in [7, 11) is 0. The van der Waals surface area contributed by atoms with E-state index in [-0.39, 0.29) is 29.7 Å². The van der Waals surface area contributed by atoms with Crippen LogP contribution in [0.3, 0.4) is 0 Å². The lowest BCUT2D eigenvalue weighted by atomic mass is 9.97. The molecule has 1 amide bonds. The van der Waals surface area contributed by atoms with Gasteiger partial charge in [0.15, 0.2) is 0 Å². The van der Waals surface area contributed by atoms with Crippen LogP contribution in [-0.2, 0) is 17.7 Å². The Labute approximate surface area is 194 Å². The van der Waals surface area contributed by atoms with E-state index in [4.69, 9.17) is 9.72 Å². The molecule has 1 aliphatic heterocycles. The summed E-state index contributed by atoms with van der Waals surface area (Å²) in [6.45, 7) is 9.00. The minimum Gasteiger partial charge on any atom is -0.449 e. The second-order valence-corrected chi connectivity index (χ2v) is 9.77. The number of carbonyl (C=O) groups is 1. The Bertz CT molecular complexity index is 1140. The maximum atomic E-state index is 13.7. The monoisotopic (exact) mass is 445 g/mol. The minimum atomic E-state index is -0.356. The summed E-state index contributed by atoms with van der Waals surface area (Å²) < 4.78 is 7.26. The molecule has 1 aliphatic rings. The van der Waals surface area contributed by atoms with Crippen molar-refractivity contribution in [1.29, 1.82) is 0 Å². The van der Waals surface area contributed by atoms with Gasteiger partial charge < -0.3 is 9.64 Å². The van der Waals surface area contributed by atoms with Crippen molar-refractivity contribution in [3.8, 4) is 0 Å². The second kappa shape index (κ2) is 9.22. The molecule has 0 N–H and O–H groups in total. The number of hydrogen-bond acceptors (Lipinski definition) is 4. The van der Waals surface area contributed by atoms with Gasteiger partial charge in [-0.2, -0.15) is 0 Å². The van der Waals surface area contributed by atoms with Crippen molar-refractivity contribution >= 4 is 6.09 Å². The fourth-order valence-corrected chi connectivity index (χ4v) is 4.21. The van der Waals surface area contributed by atoms with Crippen LogP contribution >= 0.6 is 0 Å². The Morgan fingerprint density at radius 3 is 2.15 bits per heavy atom. The van der Waals surface area contributed by atoms with E-state index < -0.39 is 0 Å². The van der Waals surface area contributed by atoms with Gasteiger partial charge in [-0.1, -0.05) is 81.4 Å². The van der Waals surface area contributed by atoms with Gasteiger partial charge >= 0.3 is 6.09 Å². The van der Waals surface area contributed by atoms with E-state index in [2.05, 4.69) is 0 Å². The van der Waals surface area contributed by atoms with Gasteiger partial charge in [0.2, 0.25) is 0 Å². The van der Waals surface area contributed by atoms with E-state index in [0.717, 1.165) is 11.1 Å². The lowest BCUT2D eigenvalue weighted by molar-refractivity contribution is 0.0682. The zero-order valence-corrected chi connectivity index (χ0v) is 19.7. The van der Waals surface area contributed by atoms with Crippen LogP contribution in [0.15, 0.2) is 65.5 Å². The van der Waals surface area contributed by atoms with Crippen LogP contribution in [0, 0.1) is 12.3 Å². The Hall–Kier alpha value is -3.41. The van der Waals surface area contributed by atoms with Gasteiger partial charge in [-0.15, -0.1) is 0 Å². The van der Waals surface area contributed by atoms with Crippen molar-refractivity contribution < 1.29 is 9.53 Å². The third-order valence-electron chi connectivity index (χ3n) is 5.82. The van der Waals surface area contributed by atoms with Crippen molar-refractivity contribution in [3.05, 3.63) is 99.2 Å². The highest BCUT2D eigenvalue weighted by Gasteiger charge is 2.29. The molecule has 6 nitrogen and oxygen atoms in total. The van der Waals surface area contributed by atoms with Gasteiger partial charge in [-0.3, -0.25) is 9.36 Å². The summed E-state index contributed by atoms with van der Waals surface area (Å²) in [6.07, 6.45) is 0.105. The predicted octanol–water partition coefficient (Wildman–Crippen LogP) is 4.73. The van der Waals surface area contributed by atoms with E-state index in [1.165, 1.54) is 0 Å². The molecule has 2 aromatic carbocycles. The summed E-state index contributed by atoms with van der Waals surface area (Å²) >= 11 is 0. The van der Waals surface area contributed by atoms with Gasteiger partial charge in [0.25, 0.3) is 5.56 Å². The highest BCUT2D eigenvalue weighted by atomic mass is 16.6. The number of nitrogens with zero attached hydrogens (tertiary/aromatic N) is 3. The van der Waals surface area contributed by atoms with E-state index in [0.29, 0.717) is 36.7 Å². The first-order valence-corrected chi connectivity index (χ1v) is 11.4. The molecule has 0 aliphatic carbocycles. The topological polar surface area (TPSA) is 64.4 Å². The average Bonchev–Trinajstić information content (AvgIpc) is 2.80. The molecule has 172 valence electrons. The van der Waals surface area contributed by atoms with E-state index in [1.54, 1.807) is 9.47 Å². The number of amides is 1. The van der Waals surface area contributed by atoms with E-state index in [9.17, 15) is 9.59 Å². The summed E-state index contributed by atoms with van der Waals surface area (Å²) in [5.41, 5.74) is 3.25. The number of ether oxygens (including phenoxy) is 1. The first kappa shape index (κ1) is 22.8. The Kier molecular flexibility index (Phi) is 6.36. The molecule has 0 saturated carbocycles. The lowest BCUT2D eigenvalue weighted by Gasteiger charge is -2.30. The Balaban J connectivity index is 1.70. The average molecular weight is 446 g/mol. The molecule has 6 heteroatoms. The van der Waals surface area contributed by atoms with E-state index >= 15 is 0 Å². The zero-order chi connectivity index (χ0) is 23.6. The molecule has 0 saturated heterocycles. The van der Waals surface area contributed by atoms with Gasteiger partial charge in [0.05, 0.1) is 24.9 Å². The van der Waals surface area contributed by atoms with Gasteiger partial charge in [0.1, 0.15) is 5.82 Å². The maximum Gasteiger partial charge on any atom is 0.410 e. The number of fused-ring (bicyclic) bond motifs is 1. The third-order valence-corrected chi connectivity index (χ3v) is 5.82. The van der Waals surface area contributed by atoms with Crippen molar-refractivity contribution in [2.75, 3.05) is 13.2 Å². The molecule has 0 spiro atoms. The SMILES string of the molecule is Cc1nc2c(c(=O)n1C(c1ccccc1)c1ccccc1)CCN(C(=O)OCC(C)(C)C)C2. The number of rotatable bonds is 4. The lowest BCUT2D eigenvalue weighted by Crippen LogP contribution is -2.42. The fourth-order valence-electron chi connectivity index (χ4n) is 4.21. The largest absolute Gasteiger partial charge is 0.449 e. The Morgan fingerprint density at radius 1 is 1.03 bits per heavy atom. The van der Waals surface area contributed by atoms with Gasteiger partial charge in [0, 0.05) is 12.1 Å². The molecular formula is C27H31N3O3. The number of aryl methyl sites for hydroxylation is 1. The minimum absolute atomic E-state index is 0.0436. The smallest absolute Gasteiger partial charge is 0.410 e. The summed E-state index contributed by atoms with van der Waals surface area (Å²) in [5.74, 6) is 0.626. The molecular weight excluding hydrogens is 414 g/mol. The predicted molar refractivity (Wildman–Crippen MR) is 128 cm³/mol. The molecule has 1 aromatic heterocycles. The van der Waals surface area contributed by atoms with Crippen molar-refractivity contribution in [2.24, 2.45) is 5.41 Å². The number of hydrogen-bond donors (Lipinski definition) is 0. The van der Waals surface area contributed by atoms with Crippen molar-refractivity contribution in [2.45, 2.75) is 46.7 Å². The normalized spacial score (nSPS) is 13.7. The van der Waals surface area contributed by atoms with Crippen molar-refractivity contribution in [1.82, 2.24) is 14.5 Å². The van der Waals surface area contributed by atoms with Crippen LogP contribution in [0.1, 0.15) is 55.0 Å². The van der Waals surface area contributed by atoms with Crippen molar-refractivity contribution in [3.63, 3.8) is 0 Å². The zero-order valence-electron chi connectivity index (χ0n) is 19.7. The number of carbonyl (C=O) groups excluding carboxylic acids is 1. The van der Waals surface area contributed by atoms with Crippen LogP contribution in [0.25, 0.3) is 0 Å². The third kappa shape index (κ3) is 5.00. The van der Waals surface area contributed by atoms with Crippen LogP contribution in [0.2, 0.25) is 0 Å². The van der Waals surface area contributed by atoms with Crippen LogP contribution < -0.4 is 5.56 Å². The number of benzene rings is 2. The molecule has 2 heterocycles. The first-order valence-electron chi connectivity index (χ1n) is 11.4. The number of aromatic nitrogens is 2. The first-order chi connectivity index (χ1) is 15.7. The molecule has 4 rings (SSSR count). The molecule has 0 bridgehead atoms. The molecule has 0 radical (unpaired) electrons. The van der Waals surface area contributed by atoms with Gasteiger partial charge in [-0.25, -0.2) is 9.78 Å². The van der Waals surface area contributed by atoms with Crippen LogP contribution in [-0.4, -0.2) is 33.7 Å². The standard InChI is InChI=1S/C27H31N3O3/c1-19-28-23-17-29(26(32)33-18-27(2,3)4)16-15-22(23)25(31)30(19)24(20-11-7-5-8-12-20)21-13-9-6-10-14-21/h5-14,24H,15-18H2,1-4H3. The second-order valence-electron chi connectivity index (χ2n) is 9.77. The Morgan fingerprint density at radius 2 is 1.61 bits per heavy atom. The summed E-state index contributed by atoms with van der Waals surface area (Å²) in [4.78, 5) is 32.7.